The van der Waals surface area contributed by atoms with Crippen molar-refractivity contribution in [2.24, 2.45) is 17.6 Å². The monoisotopic (exact) mass is 399 g/mol. The van der Waals surface area contributed by atoms with Crippen LogP contribution in [0, 0.1) is 11.8 Å². The molecule has 2 bridgehead atoms. The summed E-state index contributed by atoms with van der Waals surface area (Å²) in [5.41, 5.74) is 5.09. The number of likely N-dealkylation sites (tertiary alicyclic amines) is 1. The Morgan fingerprint density at radius 3 is 2.93 bits per heavy atom. The molecule has 10 heteroatoms. The minimum Gasteiger partial charge on any atom is -0.368 e. The predicted octanol–water partition coefficient (Wildman–Crippen LogP) is 0.196. The number of nitrogens with two attached hydrogens (primary N) is 1. The highest BCUT2D eigenvalue weighted by Crippen LogP contribution is 2.55. The number of nitrogens with one attached hydrogen (secondary N) is 1. The first-order valence-electron chi connectivity index (χ1n) is 9.22. The summed E-state index contributed by atoms with van der Waals surface area (Å²) in [6.07, 6.45) is 1.43. The van der Waals surface area contributed by atoms with Crippen molar-refractivity contribution in [3.05, 3.63) is 11.7 Å². The number of amides is 2. The van der Waals surface area contributed by atoms with E-state index in [9.17, 15) is 9.59 Å². The third-order valence-electron chi connectivity index (χ3n) is 5.70. The second kappa shape index (κ2) is 7.37. The van der Waals surface area contributed by atoms with E-state index in [-0.39, 0.29) is 42.8 Å². The van der Waals surface area contributed by atoms with Crippen LogP contribution in [0.5, 0.6) is 0 Å². The van der Waals surface area contributed by atoms with Crippen LogP contribution in [-0.2, 0) is 20.9 Å². The van der Waals surface area contributed by atoms with Crippen LogP contribution >= 0.6 is 12.4 Å². The van der Waals surface area contributed by atoms with E-state index >= 15 is 0 Å². The van der Waals surface area contributed by atoms with Crippen molar-refractivity contribution in [2.75, 3.05) is 19.6 Å². The summed E-state index contributed by atoms with van der Waals surface area (Å²) in [4.78, 5) is 31.6. The summed E-state index contributed by atoms with van der Waals surface area (Å²) in [6.45, 7) is 5.54. The summed E-state index contributed by atoms with van der Waals surface area (Å²) >= 11 is 0. The van der Waals surface area contributed by atoms with Crippen LogP contribution in [0.1, 0.15) is 44.3 Å². The highest BCUT2D eigenvalue weighted by atomic mass is 35.5. The van der Waals surface area contributed by atoms with Gasteiger partial charge in [0.25, 0.3) is 0 Å². The number of ether oxygens (including phenoxy) is 1. The van der Waals surface area contributed by atoms with Gasteiger partial charge in [0, 0.05) is 19.0 Å². The lowest BCUT2D eigenvalue weighted by atomic mass is 9.73. The molecule has 1 aromatic rings. The zero-order chi connectivity index (χ0) is 18.5. The molecule has 1 aromatic heterocycles. The normalized spacial score (nSPS) is 31.3. The molecule has 0 radical (unpaired) electrons. The molecule has 27 heavy (non-hydrogen) atoms. The molecule has 3 aliphatic rings. The molecule has 2 amide bonds. The molecule has 0 unspecified atom stereocenters. The van der Waals surface area contributed by atoms with Crippen molar-refractivity contribution in [1.29, 1.82) is 0 Å². The molecule has 4 atom stereocenters. The van der Waals surface area contributed by atoms with E-state index in [1.54, 1.807) is 4.90 Å². The van der Waals surface area contributed by atoms with Crippen molar-refractivity contribution in [3.8, 4) is 0 Å². The molecule has 3 aliphatic heterocycles. The Morgan fingerprint density at radius 2 is 2.26 bits per heavy atom. The van der Waals surface area contributed by atoms with Gasteiger partial charge in [-0.25, -0.2) is 0 Å². The zero-order valence-corrected chi connectivity index (χ0v) is 16.3. The SMILES string of the molecule is CC(C)c1nc(CNC(=O)[C@H]2[C@@H]3CC[C@@]4(CN(CCN)C(=O)[C@@H]24)O3)no1.Cl. The Labute approximate surface area is 163 Å². The molecular weight excluding hydrogens is 374 g/mol. The van der Waals surface area contributed by atoms with Crippen LogP contribution < -0.4 is 11.1 Å². The number of hydrogen-bond donors (Lipinski definition) is 2. The van der Waals surface area contributed by atoms with Crippen molar-refractivity contribution in [3.63, 3.8) is 0 Å². The quantitative estimate of drug-likeness (QED) is 0.699. The number of aromatic nitrogens is 2. The smallest absolute Gasteiger partial charge is 0.229 e. The third kappa shape index (κ3) is 3.21. The fourth-order valence-corrected chi connectivity index (χ4v) is 4.54. The number of fused-ring (bicyclic) bond motifs is 1. The standard InChI is InChI=1S/C17H25N5O4.ClH/c1-9(2)15-20-11(21-26-15)7-19-14(23)12-10-3-4-17(25-10)8-22(6-5-18)16(24)13(12)17;/h9-10,12-13H,3-8,18H2,1-2H3,(H,19,23);1H/t10-,12-,13+,17-;/m0./s1. The first-order chi connectivity index (χ1) is 12.4. The number of carbonyl (C=O) groups is 2. The summed E-state index contributed by atoms with van der Waals surface area (Å²) in [7, 11) is 0. The van der Waals surface area contributed by atoms with Crippen LogP contribution in [0.25, 0.3) is 0 Å². The summed E-state index contributed by atoms with van der Waals surface area (Å²) in [5.74, 6) is 0.0401. The van der Waals surface area contributed by atoms with Crippen LogP contribution in [0.2, 0.25) is 0 Å². The highest BCUT2D eigenvalue weighted by Gasteiger charge is 2.68. The van der Waals surface area contributed by atoms with Gasteiger partial charge in [0.15, 0.2) is 5.82 Å². The minimum atomic E-state index is -0.518. The maximum atomic E-state index is 12.8. The Morgan fingerprint density at radius 1 is 1.48 bits per heavy atom. The molecule has 0 aliphatic carbocycles. The summed E-state index contributed by atoms with van der Waals surface area (Å²) in [5, 5.41) is 6.73. The second-order valence-electron chi connectivity index (χ2n) is 7.73. The Kier molecular flexibility index (Phi) is 5.47. The van der Waals surface area contributed by atoms with Crippen molar-refractivity contribution < 1.29 is 18.8 Å². The van der Waals surface area contributed by atoms with Crippen molar-refractivity contribution >= 4 is 24.2 Å². The van der Waals surface area contributed by atoms with E-state index in [0.717, 1.165) is 12.8 Å². The fraction of sp³-hybridized carbons (Fsp3) is 0.765. The van der Waals surface area contributed by atoms with Gasteiger partial charge in [-0.1, -0.05) is 19.0 Å². The minimum absolute atomic E-state index is 0. The molecule has 3 saturated heterocycles. The van der Waals surface area contributed by atoms with Crippen molar-refractivity contribution in [1.82, 2.24) is 20.4 Å². The molecule has 9 nitrogen and oxygen atoms in total. The number of carbonyl (C=O) groups excluding carboxylic acids is 2. The molecule has 4 rings (SSSR count). The van der Waals surface area contributed by atoms with Gasteiger partial charge in [-0.05, 0) is 12.8 Å². The van der Waals surface area contributed by atoms with Gasteiger partial charge in [0.05, 0.1) is 36.6 Å². The molecule has 3 fully saturated rings. The first-order valence-corrected chi connectivity index (χ1v) is 9.22. The summed E-state index contributed by atoms with van der Waals surface area (Å²) in [6, 6.07) is 0. The second-order valence-corrected chi connectivity index (χ2v) is 7.73. The lowest BCUT2D eigenvalue weighted by molar-refractivity contribution is -0.138. The van der Waals surface area contributed by atoms with Crippen molar-refractivity contribution in [2.45, 2.75) is 50.9 Å². The maximum absolute atomic E-state index is 12.8. The summed E-state index contributed by atoms with van der Waals surface area (Å²) < 4.78 is 11.3. The van der Waals surface area contributed by atoms with Gasteiger partial charge < -0.3 is 25.2 Å². The molecule has 0 saturated carbocycles. The van der Waals surface area contributed by atoms with E-state index in [1.165, 1.54) is 0 Å². The van der Waals surface area contributed by atoms with Gasteiger partial charge in [0.2, 0.25) is 17.7 Å². The van der Waals surface area contributed by atoms with Gasteiger partial charge >= 0.3 is 0 Å². The molecular formula is C17H26ClN5O4. The lowest BCUT2D eigenvalue weighted by Gasteiger charge is -2.26. The van der Waals surface area contributed by atoms with E-state index in [1.807, 2.05) is 13.8 Å². The number of hydrogen-bond acceptors (Lipinski definition) is 7. The average molecular weight is 400 g/mol. The lowest BCUT2D eigenvalue weighted by Crippen LogP contribution is -2.45. The van der Waals surface area contributed by atoms with Gasteiger partial charge in [-0.3, -0.25) is 9.59 Å². The molecule has 1 spiro atoms. The van der Waals surface area contributed by atoms with Crippen LogP contribution in [-0.4, -0.2) is 58.2 Å². The predicted molar refractivity (Wildman–Crippen MR) is 96.9 cm³/mol. The van der Waals surface area contributed by atoms with Crippen LogP contribution in [0.15, 0.2) is 4.52 Å². The van der Waals surface area contributed by atoms with E-state index in [0.29, 0.717) is 31.3 Å². The van der Waals surface area contributed by atoms with Crippen LogP contribution in [0.4, 0.5) is 0 Å². The van der Waals surface area contributed by atoms with Gasteiger partial charge in [0.1, 0.15) is 0 Å². The van der Waals surface area contributed by atoms with Gasteiger partial charge in [-0.2, -0.15) is 4.98 Å². The number of halogens is 1. The largest absolute Gasteiger partial charge is 0.368 e. The Balaban J connectivity index is 0.00000210. The Bertz CT molecular complexity index is 726. The number of rotatable bonds is 6. The average Bonchev–Trinajstić information content (AvgIpc) is 3.34. The Hall–Kier alpha value is -1.71. The topological polar surface area (TPSA) is 124 Å². The molecule has 150 valence electrons. The first kappa shape index (κ1) is 20.0. The fourth-order valence-electron chi connectivity index (χ4n) is 4.54. The molecule has 4 heterocycles. The van der Waals surface area contributed by atoms with E-state index < -0.39 is 17.4 Å². The van der Waals surface area contributed by atoms with E-state index in [2.05, 4.69) is 15.5 Å². The van der Waals surface area contributed by atoms with Gasteiger partial charge in [-0.15, -0.1) is 12.4 Å². The van der Waals surface area contributed by atoms with E-state index in [4.69, 9.17) is 15.0 Å². The maximum Gasteiger partial charge on any atom is 0.229 e. The highest BCUT2D eigenvalue weighted by molar-refractivity contribution is 5.92. The zero-order valence-electron chi connectivity index (χ0n) is 15.5. The number of nitrogens with zero attached hydrogens (tertiary/aromatic N) is 3. The van der Waals surface area contributed by atoms with Crippen LogP contribution in [0.3, 0.4) is 0 Å². The molecule has 0 aromatic carbocycles. The third-order valence-corrected chi connectivity index (χ3v) is 5.70. The molecule has 3 N–H and O–H groups in total.